The van der Waals surface area contributed by atoms with Crippen LogP contribution in [0.25, 0.3) is 0 Å². The second-order valence-corrected chi connectivity index (χ2v) is 13.6. The smallest absolute Gasteiger partial charge is 0.267 e. The molecule has 0 rings (SSSR count). The lowest BCUT2D eigenvalue weighted by Crippen LogP contribution is -2.46. The van der Waals surface area contributed by atoms with Gasteiger partial charge < -0.3 is 10.4 Å². The molecule has 0 aromatic heterocycles. The summed E-state index contributed by atoms with van der Waals surface area (Å²) in [6.07, 6.45) is 48.5. The predicted molar refractivity (Wildman–Crippen MR) is 202 cm³/mol. The highest BCUT2D eigenvalue weighted by molar-refractivity contribution is 7.85. The van der Waals surface area contributed by atoms with E-state index < -0.39 is 28.0 Å². The van der Waals surface area contributed by atoms with Crippen molar-refractivity contribution in [1.82, 2.24) is 5.32 Å². The first-order chi connectivity index (χ1) is 22.8. The number of unbranched alkanes of at least 4 members (excludes halogenated alkanes) is 11. The zero-order valence-corrected chi connectivity index (χ0v) is 30.4. The third-order valence-electron chi connectivity index (χ3n) is 7.58. The maximum absolute atomic E-state index is 12.4. The number of hydrogen-bond acceptors (Lipinski definition) is 4. The van der Waals surface area contributed by atoms with Gasteiger partial charge in [0.2, 0.25) is 5.91 Å². The summed E-state index contributed by atoms with van der Waals surface area (Å²) in [6.45, 7) is 4.37. The van der Waals surface area contributed by atoms with Crippen LogP contribution in [0.5, 0.6) is 0 Å². The van der Waals surface area contributed by atoms with Gasteiger partial charge in [0.15, 0.2) is 0 Å². The molecule has 0 saturated carbocycles. The van der Waals surface area contributed by atoms with E-state index in [4.69, 9.17) is 0 Å². The molecule has 2 unspecified atom stereocenters. The Labute approximate surface area is 288 Å². The van der Waals surface area contributed by atoms with Crippen molar-refractivity contribution in [2.24, 2.45) is 0 Å². The minimum atomic E-state index is -4.36. The molecule has 0 aromatic rings. The van der Waals surface area contributed by atoms with Crippen molar-refractivity contribution < 1.29 is 22.9 Å². The van der Waals surface area contributed by atoms with Crippen molar-refractivity contribution >= 4 is 16.0 Å². The molecule has 0 bridgehead atoms. The quantitative estimate of drug-likeness (QED) is 0.0386. The third-order valence-corrected chi connectivity index (χ3v) is 8.36. The van der Waals surface area contributed by atoms with Crippen LogP contribution in [0.1, 0.15) is 142 Å². The van der Waals surface area contributed by atoms with E-state index in [-0.39, 0.29) is 12.3 Å². The van der Waals surface area contributed by atoms with Crippen molar-refractivity contribution in [1.29, 1.82) is 0 Å². The van der Waals surface area contributed by atoms with Crippen LogP contribution in [0.4, 0.5) is 0 Å². The van der Waals surface area contributed by atoms with Crippen molar-refractivity contribution in [3.63, 3.8) is 0 Å². The minimum Gasteiger partial charge on any atom is -0.387 e. The van der Waals surface area contributed by atoms with Gasteiger partial charge in [0.05, 0.1) is 17.9 Å². The molecule has 0 aliphatic rings. The van der Waals surface area contributed by atoms with Crippen molar-refractivity contribution in [2.45, 2.75) is 154 Å². The molecule has 0 aliphatic heterocycles. The Kier molecular flexibility index (Phi) is 31.7. The molecule has 6 nitrogen and oxygen atoms in total. The molecule has 3 N–H and O–H groups in total. The SMILES string of the molecule is CC/C=C\C/C=C\C/C=C\C/C=C\C/C=C\C/C=C\CCCCC(=O)NC(CS(=O)(=O)O)C(O)/C=C/CCCCCCCCCCC. The summed E-state index contributed by atoms with van der Waals surface area (Å²) in [5.41, 5.74) is 0. The second kappa shape index (κ2) is 33.4. The Morgan fingerprint density at radius 2 is 1.02 bits per heavy atom. The molecular formula is C40H67NO5S. The summed E-state index contributed by atoms with van der Waals surface area (Å²) in [5, 5.41) is 13.1. The Bertz CT molecular complexity index is 1050. The minimum absolute atomic E-state index is 0.236. The first-order valence-corrected chi connectivity index (χ1v) is 19.9. The number of rotatable bonds is 31. The molecule has 0 aliphatic carbocycles. The van der Waals surface area contributed by atoms with Crippen LogP contribution in [0, 0.1) is 0 Å². The van der Waals surface area contributed by atoms with Gasteiger partial charge in [-0.2, -0.15) is 8.42 Å². The summed E-state index contributed by atoms with van der Waals surface area (Å²) >= 11 is 0. The molecule has 0 saturated heterocycles. The highest BCUT2D eigenvalue weighted by Gasteiger charge is 2.24. The first kappa shape index (κ1) is 44.5. The number of nitrogens with one attached hydrogen (secondary N) is 1. The summed E-state index contributed by atoms with van der Waals surface area (Å²) in [4.78, 5) is 12.4. The highest BCUT2D eigenvalue weighted by atomic mass is 32.2. The number of carbonyl (C=O) groups excluding carboxylic acids is 1. The number of hydrogen-bond donors (Lipinski definition) is 3. The van der Waals surface area contributed by atoms with Crippen LogP contribution in [0.2, 0.25) is 0 Å². The Morgan fingerprint density at radius 1 is 0.596 bits per heavy atom. The zero-order chi connectivity index (χ0) is 34.7. The van der Waals surface area contributed by atoms with Crippen molar-refractivity contribution in [3.8, 4) is 0 Å². The molecule has 268 valence electrons. The highest BCUT2D eigenvalue weighted by Crippen LogP contribution is 2.11. The van der Waals surface area contributed by atoms with Crippen molar-refractivity contribution in [3.05, 3.63) is 85.1 Å². The molecular weight excluding hydrogens is 607 g/mol. The fourth-order valence-electron chi connectivity index (χ4n) is 4.86. The molecule has 2 atom stereocenters. The summed E-state index contributed by atoms with van der Waals surface area (Å²) < 4.78 is 32.3. The van der Waals surface area contributed by atoms with Gasteiger partial charge in [-0.1, -0.05) is 150 Å². The van der Waals surface area contributed by atoms with Gasteiger partial charge in [0.1, 0.15) is 0 Å². The van der Waals surface area contributed by atoms with Gasteiger partial charge in [0, 0.05) is 6.42 Å². The second-order valence-electron chi connectivity index (χ2n) is 12.1. The third kappa shape index (κ3) is 34.7. The molecule has 0 aromatic carbocycles. The maximum Gasteiger partial charge on any atom is 0.267 e. The summed E-state index contributed by atoms with van der Waals surface area (Å²) in [7, 11) is -4.36. The number of carbonyl (C=O) groups is 1. The molecule has 47 heavy (non-hydrogen) atoms. The zero-order valence-electron chi connectivity index (χ0n) is 29.6. The van der Waals surface area contributed by atoms with E-state index in [1.54, 1.807) is 0 Å². The monoisotopic (exact) mass is 673 g/mol. The number of aliphatic hydroxyl groups is 1. The Morgan fingerprint density at radius 3 is 1.51 bits per heavy atom. The molecule has 7 heteroatoms. The van der Waals surface area contributed by atoms with Crippen LogP contribution >= 0.6 is 0 Å². The lowest BCUT2D eigenvalue weighted by Gasteiger charge is -2.21. The number of aliphatic hydroxyl groups excluding tert-OH is 1. The van der Waals surface area contributed by atoms with Gasteiger partial charge in [0.25, 0.3) is 10.1 Å². The van der Waals surface area contributed by atoms with Crippen LogP contribution in [-0.4, -0.2) is 41.9 Å². The standard InChI is InChI=1S/C40H67NO5S/c1-3-5-7-9-11-13-15-16-17-18-19-20-21-22-23-24-26-28-30-32-34-36-40(43)41-38(37-47(44,45)46)39(42)35-33-31-29-27-25-14-12-10-8-6-4-2/h5,7,11,13,16-17,19-20,22-23,26,28,33,35,38-39,42H,3-4,6,8-10,12,14-15,18,21,24-25,27,29-32,34,36-37H2,1-2H3,(H,41,43)(H,44,45,46)/b7-5-,13-11-,17-16-,20-19-,23-22-,28-26-,35-33+. The van der Waals surface area contributed by atoms with E-state index in [1.165, 1.54) is 51.0 Å². The average molecular weight is 674 g/mol. The molecule has 1 amide bonds. The Balaban J connectivity index is 4.10. The van der Waals surface area contributed by atoms with Gasteiger partial charge in [-0.25, -0.2) is 0 Å². The topological polar surface area (TPSA) is 104 Å². The van der Waals surface area contributed by atoms with Gasteiger partial charge in [-0.15, -0.1) is 0 Å². The fourth-order valence-corrected chi connectivity index (χ4v) is 5.60. The fraction of sp³-hybridized carbons (Fsp3) is 0.625. The number of amides is 1. The van der Waals surface area contributed by atoms with Crippen LogP contribution in [0.3, 0.4) is 0 Å². The van der Waals surface area contributed by atoms with Gasteiger partial charge in [-0.3, -0.25) is 9.35 Å². The van der Waals surface area contributed by atoms with Crippen LogP contribution in [0.15, 0.2) is 85.1 Å². The van der Waals surface area contributed by atoms with E-state index in [9.17, 15) is 22.9 Å². The Hall–Kier alpha value is -2.48. The lowest BCUT2D eigenvalue weighted by atomic mass is 10.1. The summed E-state index contributed by atoms with van der Waals surface area (Å²) in [5.74, 6) is -1.05. The maximum atomic E-state index is 12.4. The van der Waals surface area contributed by atoms with Gasteiger partial charge in [-0.05, 0) is 70.6 Å². The van der Waals surface area contributed by atoms with E-state index in [0.29, 0.717) is 6.42 Å². The predicted octanol–water partition coefficient (Wildman–Crippen LogP) is 10.5. The van der Waals surface area contributed by atoms with E-state index in [2.05, 4.69) is 92.1 Å². The molecule has 0 spiro atoms. The normalized spacial score (nSPS) is 14.4. The summed E-state index contributed by atoms with van der Waals surface area (Å²) in [6, 6.07) is -1.08. The van der Waals surface area contributed by atoms with E-state index in [0.717, 1.165) is 70.6 Å². The van der Waals surface area contributed by atoms with E-state index >= 15 is 0 Å². The first-order valence-electron chi connectivity index (χ1n) is 18.3. The lowest BCUT2D eigenvalue weighted by molar-refractivity contribution is -0.122. The molecule has 0 heterocycles. The molecule has 0 radical (unpaired) electrons. The van der Waals surface area contributed by atoms with Crippen molar-refractivity contribution in [2.75, 3.05) is 5.75 Å². The van der Waals surface area contributed by atoms with E-state index in [1.807, 2.05) is 6.08 Å². The van der Waals surface area contributed by atoms with Crippen LogP contribution in [-0.2, 0) is 14.9 Å². The number of allylic oxidation sites excluding steroid dienone is 13. The average Bonchev–Trinajstić information content (AvgIpc) is 3.03. The van der Waals surface area contributed by atoms with Crippen LogP contribution < -0.4 is 5.32 Å². The van der Waals surface area contributed by atoms with Gasteiger partial charge >= 0.3 is 0 Å². The largest absolute Gasteiger partial charge is 0.387 e. The molecule has 0 fully saturated rings.